The smallest absolute Gasteiger partial charge is 0.410 e. The third-order valence-electron chi connectivity index (χ3n) is 5.54. The molecule has 1 aliphatic carbocycles. The van der Waals surface area contributed by atoms with E-state index in [0.717, 1.165) is 24.0 Å². The van der Waals surface area contributed by atoms with Crippen LogP contribution >= 0.6 is 0 Å². The Balaban J connectivity index is 1.57. The first-order valence-electron chi connectivity index (χ1n) is 9.24. The quantitative estimate of drug-likeness (QED) is 0.611. The minimum Gasteiger partial charge on any atom is -0.443 e. The van der Waals surface area contributed by atoms with Gasteiger partial charge in [0, 0.05) is 19.5 Å². The van der Waals surface area contributed by atoms with E-state index in [9.17, 15) is 14.9 Å². The van der Waals surface area contributed by atoms with Gasteiger partial charge in [-0.25, -0.2) is 4.79 Å². The van der Waals surface area contributed by atoms with Crippen molar-refractivity contribution < 1.29 is 14.5 Å². The Morgan fingerprint density at radius 2 is 2.04 bits per heavy atom. The predicted molar refractivity (Wildman–Crippen MR) is 97.4 cm³/mol. The van der Waals surface area contributed by atoms with Crippen LogP contribution in [0.5, 0.6) is 0 Å². The van der Waals surface area contributed by atoms with Gasteiger partial charge in [0.05, 0.1) is 6.04 Å². The topological polar surface area (TPSA) is 90.5 Å². The SMILES string of the molecule is CC1CCN(C(=O)O[C@@H]2Cc3ccccc3C2n2cnc([N+](=O)[O-])c2)CC1. The van der Waals surface area contributed by atoms with Gasteiger partial charge in [0.15, 0.2) is 0 Å². The highest BCUT2D eigenvalue weighted by atomic mass is 16.6. The number of fused-ring (bicyclic) bond motifs is 1. The number of hydrogen-bond donors (Lipinski definition) is 0. The highest BCUT2D eigenvalue weighted by Crippen LogP contribution is 2.37. The second kappa shape index (κ2) is 7.02. The highest BCUT2D eigenvalue weighted by Gasteiger charge is 2.38. The van der Waals surface area contributed by atoms with Gasteiger partial charge >= 0.3 is 11.9 Å². The van der Waals surface area contributed by atoms with E-state index in [0.29, 0.717) is 25.4 Å². The number of hydrogen-bond acceptors (Lipinski definition) is 5. The fraction of sp³-hybridized carbons (Fsp3) is 0.474. The van der Waals surface area contributed by atoms with Crippen molar-refractivity contribution in [2.24, 2.45) is 5.92 Å². The van der Waals surface area contributed by atoms with Crippen molar-refractivity contribution in [3.05, 3.63) is 58.0 Å². The molecule has 0 N–H and O–H groups in total. The van der Waals surface area contributed by atoms with Crippen LogP contribution in [-0.2, 0) is 11.2 Å². The third-order valence-corrected chi connectivity index (χ3v) is 5.54. The first-order chi connectivity index (χ1) is 13.0. The number of carbonyl (C=O) groups excluding carboxylic acids is 1. The van der Waals surface area contributed by atoms with E-state index < -0.39 is 11.0 Å². The van der Waals surface area contributed by atoms with Gasteiger partial charge in [0.2, 0.25) is 6.33 Å². The Kier molecular flexibility index (Phi) is 4.55. The van der Waals surface area contributed by atoms with Gasteiger partial charge in [-0.1, -0.05) is 31.2 Å². The first kappa shape index (κ1) is 17.5. The summed E-state index contributed by atoms with van der Waals surface area (Å²) >= 11 is 0. The van der Waals surface area contributed by atoms with Crippen LogP contribution in [0.25, 0.3) is 0 Å². The molecular formula is C19H22N4O4. The number of amides is 1. The molecule has 1 saturated heterocycles. The van der Waals surface area contributed by atoms with Gasteiger partial charge in [0.1, 0.15) is 12.3 Å². The minimum absolute atomic E-state index is 0.213. The number of nitro groups is 1. The Morgan fingerprint density at radius 1 is 1.30 bits per heavy atom. The number of benzene rings is 1. The van der Waals surface area contributed by atoms with Crippen molar-refractivity contribution in [2.45, 2.75) is 38.3 Å². The number of aromatic nitrogens is 2. The van der Waals surface area contributed by atoms with Gasteiger partial charge in [-0.2, -0.15) is 0 Å². The molecule has 0 bridgehead atoms. The molecule has 1 fully saturated rings. The van der Waals surface area contributed by atoms with Crippen LogP contribution in [0.15, 0.2) is 36.8 Å². The maximum atomic E-state index is 12.7. The molecule has 2 atom stereocenters. The Morgan fingerprint density at radius 3 is 2.74 bits per heavy atom. The summed E-state index contributed by atoms with van der Waals surface area (Å²) < 4.78 is 7.55. The summed E-state index contributed by atoms with van der Waals surface area (Å²) in [7, 11) is 0. The molecule has 8 heteroatoms. The zero-order valence-corrected chi connectivity index (χ0v) is 15.2. The number of ether oxygens (including phenoxy) is 1. The van der Waals surface area contributed by atoms with E-state index in [1.807, 2.05) is 24.3 Å². The average molecular weight is 370 g/mol. The molecule has 8 nitrogen and oxygen atoms in total. The van der Waals surface area contributed by atoms with Crippen LogP contribution in [0.1, 0.15) is 36.9 Å². The third kappa shape index (κ3) is 3.39. The maximum Gasteiger partial charge on any atom is 0.410 e. The molecule has 0 radical (unpaired) electrons. The summed E-state index contributed by atoms with van der Waals surface area (Å²) in [5.74, 6) is 0.415. The Bertz CT molecular complexity index is 857. The molecule has 2 heterocycles. The van der Waals surface area contributed by atoms with Crippen molar-refractivity contribution >= 4 is 11.9 Å². The van der Waals surface area contributed by atoms with Crippen molar-refractivity contribution in [1.82, 2.24) is 14.5 Å². The lowest BCUT2D eigenvalue weighted by molar-refractivity contribution is -0.389. The number of imidazole rings is 1. The number of rotatable bonds is 3. The average Bonchev–Trinajstić information content (AvgIpc) is 3.26. The summed E-state index contributed by atoms with van der Waals surface area (Å²) in [6.45, 7) is 3.61. The van der Waals surface area contributed by atoms with Gasteiger partial charge in [0.25, 0.3) is 0 Å². The molecule has 1 aromatic heterocycles. The summed E-state index contributed by atoms with van der Waals surface area (Å²) in [5, 5.41) is 11.0. The number of carbonyl (C=O) groups is 1. The molecule has 1 aliphatic heterocycles. The van der Waals surface area contributed by atoms with E-state index in [2.05, 4.69) is 11.9 Å². The van der Waals surface area contributed by atoms with Crippen LogP contribution in [0, 0.1) is 16.0 Å². The van der Waals surface area contributed by atoms with E-state index in [-0.39, 0.29) is 18.0 Å². The zero-order chi connectivity index (χ0) is 19.0. The Labute approximate surface area is 156 Å². The predicted octanol–water partition coefficient (Wildman–Crippen LogP) is 3.17. The second-order valence-electron chi connectivity index (χ2n) is 7.38. The molecule has 1 unspecified atom stereocenters. The fourth-order valence-corrected chi connectivity index (χ4v) is 3.96. The first-order valence-corrected chi connectivity index (χ1v) is 9.24. The monoisotopic (exact) mass is 370 g/mol. The van der Waals surface area contributed by atoms with Gasteiger partial charge < -0.3 is 19.8 Å². The molecule has 142 valence electrons. The lowest BCUT2D eigenvalue weighted by Crippen LogP contribution is -2.41. The van der Waals surface area contributed by atoms with E-state index in [1.165, 1.54) is 12.5 Å². The second-order valence-corrected chi connectivity index (χ2v) is 7.38. The molecule has 1 amide bonds. The molecule has 1 aromatic carbocycles. The van der Waals surface area contributed by atoms with Gasteiger partial charge in [-0.05, 0) is 39.8 Å². The van der Waals surface area contributed by atoms with E-state index >= 15 is 0 Å². The number of piperidine rings is 1. The van der Waals surface area contributed by atoms with Crippen molar-refractivity contribution in [3.63, 3.8) is 0 Å². The maximum absolute atomic E-state index is 12.7. The summed E-state index contributed by atoms with van der Waals surface area (Å²) in [6.07, 6.45) is 4.67. The van der Waals surface area contributed by atoms with Crippen molar-refractivity contribution in [2.75, 3.05) is 13.1 Å². The van der Waals surface area contributed by atoms with Gasteiger partial charge in [-0.3, -0.25) is 4.57 Å². The van der Waals surface area contributed by atoms with Crippen LogP contribution < -0.4 is 0 Å². The largest absolute Gasteiger partial charge is 0.443 e. The molecule has 4 rings (SSSR count). The van der Waals surface area contributed by atoms with Crippen molar-refractivity contribution in [3.8, 4) is 0 Å². The van der Waals surface area contributed by atoms with E-state index in [1.54, 1.807) is 9.47 Å². The van der Waals surface area contributed by atoms with Crippen LogP contribution in [-0.4, -0.2) is 44.7 Å². The number of likely N-dealkylation sites (tertiary alicyclic amines) is 1. The molecule has 2 aliphatic rings. The standard InChI is InChI=1S/C19H22N4O4/c1-13-6-8-21(9-7-13)19(24)27-16-10-14-4-2-3-5-15(14)18(16)22-11-17(20-12-22)23(25)26/h2-5,11-13,16,18H,6-10H2,1H3/t16-,18?/m1/s1. The zero-order valence-electron chi connectivity index (χ0n) is 15.2. The molecule has 0 saturated carbocycles. The summed E-state index contributed by atoms with van der Waals surface area (Å²) in [6, 6.07) is 7.54. The molecular weight excluding hydrogens is 348 g/mol. The summed E-state index contributed by atoms with van der Waals surface area (Å²) in [4.78, 5) is 28.8. The highest BCUT2D eigenvalue weighted by molar-refractivity contribution is 5.68. The lowest BCUT2D eigenvalue weighted by atomic mass is 10.00. The van der Waals surface area contributed by atoms with Crippen LogP contribution in [0.3, 0.4) is 0 Å². The van der Waals surface area contributed by atoms with Gasteiger partial charge in [-0.15, -0.1) is 0 Å². The number of nitrogens with zero attached hydrogens (tertiary/aromatic N) is 4. The Hall–Kier alpha value is -2.90. The minimum atomic E-state index is -0.521. The van der Waals surface area contributed by atoms with Crippen molar-refractivity contribution in [1.29, 1.82) is 0 Å². The molecule has 0 spiro atoms. The lowest BCUT2D eigenvalue weighted by Gasteiger charge is -2.31. The molecule has 27 heavy (non-hydrogen) atoms. The summed E-state index contributed by atoms with van der Waals surface area (Å²) in [5.41, 5.74) is 2.10. The molecule has 2 aromatic rings. The van der Waals surface area contributed by atoms with Crippen LogP contribution in [0.2, 0.25) is 0 Å². The van der Waals surface area contributed by atoms with Crippen LogP contribution in [0.4, 0.5) is 10.6 Å². The normalized spacial score (nSPS) is 22.5. The van der Waals surface area contributed by atoms with E-state index in [4.69, 9.17) is 4.74 Å². The fourth-order valence-electron chi connectivity index (χ4n) is 3.96.